The summed E-state index contributed by atoms with van der Waals surface area (Å²) in [6.45, 7) is 0.227. The fourth-order valence-electron chi connectivity index (χ4n) is 1.99. The normalized spacial score (nSPS) is 11.2. The SMILES string of the molecule is FC(F)c1[nH]ncc1CNc1nccc2cnccc12. The highest BCUT2D eigenvalue weighted by molar-refractivity contribution is 5.90. The van der Waals surface area contributed by atoms with Gasteiger partial charge in [0.1, 0.15) is 11.5 Å². The van der Waals surface area contributed by atoms with Gasteiger partial charge in [0, 0.05) is 41.5 Å². The molecular weight excluding hydrogens is 264 g/mol. The van der Waals surface area contributed by atoms with Gasteiger partial charge in [0.15, 0.2) is 0 Å². The number of fused-ring (bicyclic) bond motifs is 1. The summed E-state index contributed by atoms with van der Waals surface area (Å²) in [6.07, 6.45) is 3.86. The Morgan fingerprint density at radius 2 is 2.10 bits per heavy atom. The number of pyridine rings is 2. The van der Waals surface area contributed by atoms with E-state index in [1.165, 1.54) is 6.20 Å². The number of nitrogens with zero attached hydrogens (tertiary/aromatic N) is 3. The first kappa shape index (κ1) is 12.5. The van der Waals surface area contributed by atoms with Gasteiger partial charge >= 0.3 is 0 Å². The van der Waals surface area contributed by atoms with Crippen LogP contribution in [-0.2, 0) is 6.54 Å². The molecule has 3 rings (SSSR count). The van der Waals surface area contributed by atoms with Crippen LogP contribution in [0.1, 0.15) is 17.7 Å². The maximum Gasteiger partial charge on any atom is 0.280 e. The molecule has 3 aromatic rings. The van der Waals surface area contributed by atoms with Crippen LogP contribution >= 0.6 is 0 Å². The Morgan fingerprint density at radius 3 is 2.95 bits per heavy atom. The van der Waals surface area contributed by atoms with Gasteiger partial charge in [-0.1, -0.05) is 0 Å². The summed E-state index contributed by atoms with van der Waals surface area (Å²) in [5.41, 5.74) is 0.257. The largest absolute Gasteiger partial charge is 0.365 e. The van der Waals surface area contributed by atoms with E-state index in [-0.39, 0.29) is 12.2 Å². The molecule has 0 radical (unpaired) electrons. The molecule has 0 fully saturated rings. The fourth-order valence-corrected chi connectivity index (χ4v) is 1.99. The number of hydrogen-bond donors (Lipinski definition) is 2. The summed E-state index contributed by atoms with van der Waals surface area (Å²) >= 11 is 0. The van der Waals surface area contributed by atoms with Gasteiger partial charge < -0.3 is 5.32 Å². The summed E-state index contributed by atoms with van der Waals surface area (Å²) in [7, 11) is 0. The van der Waals surface area contributed by atoms with Crippen LogP contribution in [0.4, 0.5) is 14.6 Å². The van der Waals surface area contributed by atoms with Crippen LogP contribution < -0.4 is 5.32 Å². The minimum atomic E-state index is -2.57. The first-order chi connectivity index (χ1) is 9.75. The van der Waals surface area contributed by atoms with Crippen molar-refractivity contribution in [1.82, 2.24) is 20.2 Å². The number of hydrogen-bond acceptors (Lipinski definition) is 4. The van der Waals surface area contributed by atoms with E-state index in [0.29, 0.717) is 11.4 Å². The average Bonchev–Trinajstić information content (AvgIpc) is 2.93. The van der Waals surface area contributed by atoms with E-state index in [1.807, 2.05) is 12.1 Å². The molecule has 0 aromatic carbocycles. The molecule has 5 nitrogen and oxygen atoms in total. The van der Waals surface area contributed by atoms with Gasteiger partial charge in [-0.15, -0.1) is 0 Å². The minimum absolute atomic E-state index is 0.167. The Labute approximate surface area is 113 Å². The summed E-state index contributed by atoms with van der Waals surface area (Å²) < 4.78 is 25.4. The number of anilines is 1. The number of aromatic amines is 1. The minimum Gasteiger partial charge on any atom is -0.365 e. The number of nitrogens with one attached hydrogen (secondary N) is 2. The molecule has 0 aliphatic carbocycles. The summed E-state index contributed by atoms with van der Waals surface area (Å²) in [5, 5.41) is 10.8. The first-order valence-electron chi connectivity index (χ1n) is 5.98. The number of rotatable bonds is 4. The van der Waals surface area contributed by atoms with Gasteiger partial charge in [-0.2, -0.15) is 5.10 Å². The van der Waals surface area contributed by atoms with Gasteiger partial charge in [0.25, 0.3) is 6.43 Å². The Balaban J connectivity index is 1.85. The number of halogens is 2. The van der Waals surface area contributed by atoms with Gasteiger partial charge in [-0.05, 0) is 12.1 Å². The predicted molar refractivity (Wildman–Crippen MR) is 70.4 cm³/mol. The maximum atomic E-state index is 12.7. The molecule has 0 spiro atoms. The molecule has 0 aliphatic heterocycles. The van der Waals surface area contributed by atoms with Crippen molar-refractivity contribution in [2.75, 3.05) is 5.32 Å². The molecule has 2 N–H and O–H groups in total. The molecular formula is C13H11F2N5. The van der Waals surface area contributed by atoms with Crippen LogP contribution in [0, 0.1) is 0 Å². The zero-order chi connectivity index (χ0) is 13.9. The Hall–Kier alpha value is -2.57. The molecule has 0 atom stereocenters. The molecule has 102 valence electrons. The Kier molecular flexibility index (Phi) is 3.24. The lowest BCUT2D eigenvalue weighted by atomic mass is 10.2. The zero-order valence-electron chi connectivity index (χ0n) is 10.3. The molecule has 0 saturated heterocycles. The second kappa shape index (κ2) is 5.20. The number of alkyl halides is 2. The molecule has 7 heteroatoms. The Bertz CT molecular complexity index is 720. The van der Waals surface area contributed by atoms with Crippen molar-refractivity contribution in [1.29, 1.82) is 0 Å². The highest BCUT2D eigenvalue weighted by Gasteiger charge is 2.15. The lowest BCUT2D eigenvalue weighted by molar-refractivity contribution is 0.145. The summed E-state index contributed by atoms with van der Waals surface area (Å²) in [5.74, 6) is 0.631. The quantitative estimate of drug-likeness (QED) is 0.768. The van der Waals surface area contributed by atoms with Gasteiger partial charge in [-0.3, -0.25) is 10.1 Å². The van der Waals surface area contributed by atoms with Crippen molar-refractivity contribution in [3.05, 3.63) is 48.2 Å². The predicted octanol–water partition coefficient (Wildman–Crippen LogP) is 2.90. The monoisotopic (exact) mass is 275 g/mol. The molecule has 0 unspecified atom stereocenters. The fraction of sp³-hybridized carbons (Fsp3) is 0.154. The van der Waals surface area contributed by atoms with Crippen molar-refractivity contribution < 1.29 is 8.78 Å². The molecule has 20 heavy (non-hydrogen) atoms. The van der Waals surface area contributed by atoms with Gasteiger partial charge in [0.2, 0.25) is 0 Å². The van der Waals surface area contributed by atoms with Crippen LogP contribution in [0.3, 0.4) is 0 Å². The van der Waals surface area contributed by atoms with E-state index in [1.54, 1.807) is 18.6 Å². The topological polar surface area (TPSA) is 66.5 Å². The van der Waals surface area contributed by atoms with E-state index >= 15 is 0 Å². The standard InChI is InChI=1S/C13H11F2N5/c14-12(15)11-9(7-19-20-11)6-18-13-10-2-3-16-5-8(10)1-4-17-13/h1-5,7,12H,6H2,(H,17,18)(H,19,20). The van der Waals surface area contributed by atoms with Crippen LogP contribution in [0.25, 0.3) is 10.8 Å². The highest BCUT2D eigenvalue weighted by Crippen LogP contribution is 2.23. The number of aromatic nitrogens is 4. The Morgan fingerprint density at radius 1 is 1.20 bits per heavy atom. The third-order valence-corrected chi connectivity index (χ3v) is 2.98. The summed E-state index contributed by atoms with van der Waals surface area (Å²) in [4.78, 5) is 8.26. The van der Waals surface area contributed by atoms with E-state index in [0.717, 1.165) is 10.8 Å². The molecule has 0 aliphatic rings. The van der Waals surface area contributed by atoms with Crippen molar-refractivity contribution in [3.8, 4) is 0 Å². The van der Waals surface area contributed by atoms with Crippen LogP contribution in [0.5, 0.6) is 0 Å². The van der Waals surface area contributed by atoms with E-state index in [4.69, 9.17) is 0 Å². The van der Waals surface area contributed by atoms with E-state index in [9.17, 15) is 8.78 Å². The summed E-state index contributed by atoms with van der Waals surface area (Å²) in [6, 6.07) is 3.67. The third kappa shape index (κ3) is 2.29. The molecule has 3 aromatic heterocycles. The van der Waals surface area contributed by atoms with Crippen molar-refractivity contribution >= 4 is 16.6 Å². The van der Waals surface area contributed by atoms with Crippen LogP contribution in [0.15, 0.2) is 36.9 Å². The number of H-pyrrole nitrogens is 1. The third-order valence-electron chi connectivity index (χ3n) is 2.98. The molecule has 0 bridgehead atoms. The highest BCUT2D eigenvalue weighted by atomic mass is 19.3. The van der Waals surface area contributed by atoms with E-state index < -0.39 is 6.43 Å². The van der Waals surface area contributed by atoms with Gasteiger partial charge in [0.05, 0.1) is 6.20 Å². The molecule has 3 heterocycles. The lowest BCUT2D eigenvalue weighted by Crippen LogP contribution is -2.04. The second-order valence-electron chi connectivity index (χ2n) is 4.22. The van der Waals surface area contributed by atoms with E-state index in [2.05, 4.69) is 25.5 Å². The van der Waals surface area contributed by atoms with Crippen molar-refractivity contribution in [3.63, 3.8) is 0 Å². The molecule has 0 saturated carbocycles. The van der Waals surface area contributed by atoms with Crippen molar-refractivity contribution in [2.45, 2.75) is 13.0 Å². The van der Waals surface area contributed by atoms with Crippen LogP contribution in [-0.4, -0.2) is 20.2 Å². The van der Waals surface area contributed by atoms with Crippen molar-refractivity contribution in [2.24, 2.45) is 0 Å². The second-order valence-corrected chi connectivity index (χ2v) is 4.22. The smallest absolute Gasteiger partial charge is 0.280 e. The molecule has 0 amide bonds. The average molecular weight is 275 g/mol. The zero-order valence-corrected chi connectivity index (χ0v) is 10.3. The maximum absolute atomic E-state index is 12.7. The first-order valence-corrected chi connectivity index (χ1v) is 5.98. The lowest BCUT2D eigenvalue weighted by Gasteiger charge is -2.08. The van der Waals surface area contributed by atoms with Crippen LogP contribution in [0.2, 0.25) is 0 Å². The van der Waals surface area contributed by atoms with Gasteiger partial charge in [-0.25, -0.2) is 13.8 Å².